The van der Waals surface area contributed by atoms with Gasteiger partial charge in [-0.2, -0.15) is 10.3 Å². The highest BCUT2D eigenvalue weighted by atomic mass is 35.5. The van der Waals surface area contributed by atoms with E-state index in [-0.39, 0.29) is 28.2 Å². The van der Waals surface area contributed by atoms with Crippen molar-refractivity contribution in [3.63, 3.8) is 0 Å². The molecule has 0 bridgehead atoms. The fourth-order valence-corrected chi connectivity index (χ4v) is 1.16. The first kappa shape index (κ1) is 12.7. The molecule has 0 aliphatic rings. The number of guanidine groups is 2. The van der Waals surface area contributed by atoms with E-state index in [1.54, 1.807) is 6.07 Å². The zero-order valence-corrected chi connectivity index (χ0v) is 9.24. The van der Waals surface area contributed by atoms with E-state index in [1.807, 2.05) is 0 Å². The van der Waals surface area contributed by atoms with Crippen LogP contribution in [-0.2, 0) is 0 Å². The summed E-state index contributed by atoms with van der Waals surface area (Å²) in [7, 11) is 0. The molecule has 0 amide bonds. The van der Waals surface area contributed by atoms with E-state index >= 15 is 0 Å². The van der Waals surface area contributed by atoms with Crippen molar-refractivity contribution in [1.82, 2.24) is 0 Å². The summed E-state index contributed by atoms with van der Waals surface area (Å²) in [5.41, 5.74) is 15.6. The number of hydrogen-bond acceptors (Lipinski definition) is 2. The van der Waals surface area contributed by atoms with Crippen LogP contribution in [0.2, 0.25) is 5.02 Å². The number of halogens is 2. The number of nitrogens with two attached hydrogens (primary N) is 3. The summed E-state index contributed by atoms with van der Waals surface area (Å²) in [5.74, 6) is -1.30. The van der Waals surface area contributed by atoms with Crippen LogP contribution in [0, 0.1) is 17.1 Å². The van der Waals surface area contributed by atoms with Crippen LogP contribution in [0.3, 0.4) is 0 Å². The fourth-order valence-electron chi connectivity index (χ4n) is 0.999. The third kappa shape index (κ3) is 3.32. The van der Waals surface area contributed by atoms with E-state index < -0.39 is 5.82 Å². The fraction of sp³-hybridized carbons (Fsp3) is 0. The largest absolute Gasteiger partial charge is 0.370 e. The van der Waals surface area contributed by atoms with E-state index in [2.05, 4.69) is 9.98 Å². The van der Waals surface area contributed by atoms with Crippen molar-refractivity contribution in [3.8, 4) is 6.07 Å². The van der Waals surface area contributed by atoms with E-state index in [0.29, 0.717) is 0 Å². The maximum absolute atomic E-state index is 13.2. The molecule has 0 aromatic heterocycles. The van der Waals surface area contributed by atoms with E-state index in [0.717, 1.165) is 12.1 Å². The average molecular weight is 255 g/mol. The zero-order chi connectivity index (χ0) is 13.0. The third-order valence-electron chi connectivity index (χ3n) is 1.64. The summed E-state index contributed by atoms with van der Waals surface area (Å²) in [6.07, 6.45) is 0. The Morgan fingerprint density at radius 3 is 2.53 bits per heavy atom. The van der Waals surface area contributed by atoms with Crippen molar-refractivity contribution in [3.05, 3.63) is 28.5 Å². The number of nitriles is 1. The minimum absolute atomic E-state index is 0.00287. The Morgan fingerprint density at radius 1 is 1.35 bits per heavy atom. The summed E-state index contributed by atoms with van der Waals surface area (Å²) in [6, 6.07) is 3.90. The highest BCUT2D eigenvalue weighted by Crippen LogP contribution is 2.25. The smallest absolute Gasteiger partial charge is 0.223 e. The van der Waals surface area contributed by atoms with Crippen LogP contribution in [-0.4, -0.2) is 11.9 Å². The highest BCUT2D eigenvalue weighted by Gasteiger charge is 2.08. The monoisotopic (exact) mass is 254 g/mol. The summed E-state index contributed by atoms with van der Waals surface area (Å²) >= 11 is 5.51. The molecule has 88 valence electrons. The Hall–Kier alpha value is -2.33. The molecule has 6 N–H and O–H groups in total. The minimum atomic E-state index is -0.720. The molecule has 0 atom stereocenters. The lowest BCUT2D eigenvalue weighted by Crippen LogP contribution is -2.26. The van der Waals surface area contributed by atoms with Crippen LogP contribution in [0.1, 0.15) is 5.56 Å². The second-order valence-corrected chi connectivity index (χ2v) is 3.31. The molecule has 0 fully saturated rings. The van der Waals surface area contributed by atoms with E-state index in [4.69, 9.17) is 34.1 Å². The van der Waals surface area contributed by atoms with Crippen molar-refractivity contribution in [2.24, 2.45) is 27.2 Å². The lowest BCUT2D eigenvalue weighted by molar-refractivity contribution is 0.628. The molecule has 0 saturated carbocycles. The first-order valence-corrected chi connectivity index (χ1v) is 4.64. The Balaban J connectivity index is 3.28. The van der Waals surface area contributed by atoms with Gasteiger partial charge in [0.15, 0.2) is 5.96 Å². The first-order valence-electron chi connectivity index (χ1n) is 4.27. The second kappa shape index (κ2) is 5.14. The molecular formula is C9H8ClFN6. The van der Waals surface area contributed by atoms with Gasteiger partial charge < -0.3 is 17.2 Å². The summed E-state index contributed by atoms with van der Waals surface area (Å²) < 4.78 is 13.2. The van der Waals surface area contributed by atoms with Crippen molar-refractivity contribution in [1.29, 1.82) is 5.26 Å². The molecule has 0 saturated heterocycles. The molecule has 17 heavy (non-hydrogen) atoms. The maximum Gasteiger partial charge on any atom is 0.223 e. The van der Waals surface area contributed by atoms with Crippen molar-refractivity contribution >= 4 is 29.2 Å². The topological polar surface area (TPSA) is 127 Å². The maximum atomic E-state index is 13.2. The standard InChI is InChI=1S/C9H8ClFN6/c10-5-1-4(3-12)7(2-6(5)11)16-9(15)17-8(13)14/h1-2H,(H6,13,14,15,16,17). The quantitative estimate of drug-likeness (QED) is 0.500. The Labute approximate surface area is 101 Å². The van der Waals surface area contributed by atoms with Crippen molar-refractivity contribution < 1.29 is 4.39 Å². The molecule has 0 spiro atoms. The normalized spacial score (nSPS) is 10.8. The van der Waals surface area contributed by atoms with E-state index in [1.165, 1.54) is 0 Å². The van der Waals surface area contributed by atoms with Crippen molar-refractivity contribution in [2.75, 3.05) is 0 Å². The van der Waals surface area contributed by atoms with Gasteiger partial charge in [-0.1, -0.05) is 11.6 Å². The van der Waals surface area contributed by atoms with Gasteiger partial charge in [0, 0.05) is 6.07 Å². The summed E-state index contributed by atoms with van der Waals surface area (Å²) in [4.78, 5) is 7.13. The van der Waals surface area contributed by atoms with Gasteiger partial charge in [0.2, 0.25) is 5.96 Å². The number of nitrogens with zero attached hydrogens (tertiary/aromatic N) is 3. The molecule has 1 aromatic rings. The van der Waals surface area contributed by atoms with Crippen LogP contribution in [0.25, 0.3) is 0 Å². The molecule has 1 rings (SSSR count). The SMILES string of the molecule is N#Cc1cc(Cl)c(F)cc1N=C(N)N=C(N)N. The van der Waals surface area contributed by atoms with Crippen LogP contribution >= 0.6 is 11.6 Å². The van der Waals surface area contributed by atoms with Gasteiger partial charge in [-0.15, -0.1) is 0 Å². The molecule has 0 aliphatic carbocycles. The van der Waals surface area contributed by atoms with Gasteiger partial charge in [0.05, 0.1) is 16.3 Å². The minimum Gasteiger partial charge on any atom is -0.370 e. The van der Waals surface area contributed by atoms with Crippen molar-refractivity contribution in [2.45, 2.75) is 0 Å². The average Bonchev–Trinajstić information content (AvgIpc) is 2.21. The summed E-state index contributed by atoms with van der Waals surface area (Å²) in [6.45, 7) is 0. The number of aliphatic imine (C=N–C) groups is 2. The molecule has 0 heterocycles. The second-order valence-electron chi connectivity index (χ2n) is 2.90. The van der Waals surface area contributed by atoms with Crippen LogP contribution in [0.5, 0.6) is 0 Å². The molecule has 0 unspecified atom stereocenters. The summed E-state index contributed by atoms with van der Waals surface area (Å²) in [5, 5.41) is 8.62. The van der Waals surface area contributed by atoms with Gasteiger partial charge in [-0.05, 0) is 6.07 Å². The number of rotatable bonds is 1. The predicted molar refractivity (Wildman–Crippen MR) is 63.2 cm³/mol. The number of benzene rings is 1. The predicted octanol–water partition coefficient (Wildman–Crippen LogP) is 0.570. The first-order chi connectivity index (χ1) is 7.93. The Bertz CT molecular complexity index is 541. The lowest BCUT2D eigenvalue weighted by atomic mass is 10.2. The van der Waals surface area contributed by atoms with Gasteiger partial charge in [0.1, 0.15) is 11.9 Å². The van der Waals surface area contributed by atoms with Crippen LogP contribution in [0.4, 0.5) is 10.1 Å². The van der Waals surface area contributed by atoms with Gasteiger partial charge in [0.25, 0.3) is 0 Å². The number of hydrogen-bond donors (Lipinski definition) is 3. The van der Waals surface area contributed by atoms with Crippen LogP contribution < -0.4 is 17.2 Å². The Kier molecular flexibility index (Phi) is 3.85. The molecule has 0 aliphatic heterocycles. The zero-order valence-electron chi connectivity index (χ0n) is 8.48. The molecule has 6 nitrogen and oxygen atoms in total. The third-order valence-corrected chi connectivity index (χ3v) is 1.93. The molecule has 0 radical (unpaired) electrons. The van der Waals surface area contributed by atoms with E-state index in [9.17, 15) is 4.39 Å². The molecular weight excluding hydrogens is 247 g/mol. The van der Waals surface area contributed by atoms with Gasteiger partial charge in [-0.3, -0.25) is 0 Å². The Morgan fingerprint density at radius 2 is 2.00 bits per heavy atom. The van der Waals surface area contributed by atoms with Crippen LogP contribution in [0.15, 0.2) is 22.1 Å². The van der Waals surface area contributed by atoms with Gasteiger partial charge in [-0.25, -0.2) is 9.38 Å². The molecule has 1 aromatic carbocycles. The highest BCUT2D eigenvalue weighted by molar-refractivity contribution is 6.31. The van der Waals surface area contributed by atoms with Gasteiger partial charge >= 0.3 is 0 Å². The molecule has 8 heteroatoms. The lowest BCUT2D eigenvalue weighted by Gasteiger charge is -2.01.